The second-order valence-corrected chi connectivity index (χ2v) is 6.95. The minimum Gasteiger partial charge on any atom is -0.315 e. The van der Waals surface area contributed by atoms with Crippen LogP contribution in [0.25, 0.3) is 0 Å². The van der Waals surface area contributed by atoms with Gasteiger partial charge in [0.2, 0.25) is 0 Å². The number of hydrogen-bond donors (Lipinski definition) is 1. The van der Waals surface area contributed by atoms with E-state index in [0.29, 0.717) is 19.6 Å². The molecule has 0 radical (unpaired) electrons. The SMILES string of the molecule is CCCN(CC)S(=O)(=O)N1CCCCC1CNCC. The highest BCUT2D eigenvalue weighted by Gasteiger charge is 2.35. The first-order valence-electron chi connectivity index (χ1n) is 7.55. The first kappa shape index (κ1) is 16.9. The van der Waals surface area contributed by atoms with Crippen LogP contribution in [-0.2, 0) is 10.2 Å². The molecule has 0 saturated carbocycles. The summed E-state index contributed by atoms with van der Waals surface area (Å²) in [5.74, 6) is 0. The van der Waals surface area contributed by atoms with E-state index in [-0.39, 0.29) is 6.04 Å². The molecule has 1 unspecified atom stereocenters. The summed E-state index contributed by atoms with van der Waals surface area (Å²) >= 11 is 0. The van der Waals surface area contributed by atoms with Crippen molar-refractivity contribution in [1.82, 2.24) is 13.9 Å². The van der Waals surface area contributed by atoms with Crippen LogP contribution in [-0.4, -0.2) is 55.8 Å². The molecule has 0 aromatic carbocycles. The maximum Gasteiger partial charge on any atom is 0.282 e. The van der Waals surface area contributed by atoms with Crippen LogP contribution in [0.5, 0.6) is 0 Å². The summed E-state index contributed by atoms with van der Waals surface area (Å²) in [5.41, 5.74) is 0. The fourth-order valence-electron chi connectivity index (χ4n) is 2.63. The Labute approximate surface area is 118 Å². The lowest BCUT2D eigenvalue weighted by molar-refractivity contribution is 0.227. The van der Waals surface area contributed by atoms with E-state index in [0.717, 1.165) is 38.8 Å². The third-order valence-corrected chi connectivity index (χ3v) is 5.82. The van der Waals surface area contributed by atoms with E-state index >= 15 is 0 Å². The molecule has 1 fully saturated rings. The molecule has 1 rings (SSSR count). The zero-order valence-electron chi connectivity index (χ0n) is 12.6. The summed E-state index contributed by atoms with van der Waals surface area (Å²) in [7, 11) is -3.29. The molecule has 0 spiro atoms. The standard InChI is InChI=1S/C13H29N3O2S/c1-4-10-15(6-3)19(17,18)16-11-8-7-9-13(16)12-14-5-2/h13-14H,4-12H2,1-3H3. The van der Waals surface area contributed by atoms with Crippen LogP contribution in [0.4, 0.5) is 0 Å². The van der Waals surface area contributed by atoms with Gasteiger partial charge in [0.15, 0.2) is 0 Å². The molecule has 6 heteroatoms. The summed E-state index contributed by atoms with van der Waals surface area (Å²) < 4.78 is 28.7. The molecule has 0 aromatic heterocycles. The van der Waals surface area contributed by atoms with Crippen molar-refractivity contribution in [1.29, 1.82) is 0 Å². The summed E-state index contributed by atoms with van der Waals surface area (Å²) in [5, 5.41) is 3.28. The Hall–Kier alpha value is -0.170. The van der Waals surface area contributed by atoms with Crippen molar-refractivity contribution in [3.05, 3.63) is 0 Å². The topological polar surface area (TPSA) is 52.7 Å². The average Bonchev–Trinajstić information content (AvgIpc) is 2.42. The number of rotatable bonds is 8. The second kappa shape index (κ2) is 8.19. The van der Waals surface area contributed by atoms with Crippen molar-refractivity contribution >= 4 is 10.2 Å². The van der Waals surface area contributed by atoms with E-state index in [1.54, 1.807) is 8.61 Å². The maximum absolute atomic E-state index is 12.7. The van der Waals surface area contributed by atoms with E-state index in [1.807, 2.05) is 13.8 Å². The van der Waals surface area contributed by atoms with E-state index in [4.69, 9.17) is 0 Å². The molecular weight excluding hydrogens is 262 g/mol. The lowest BCUT2D eigenvalue weighted by Gasteiger charge is -2.37. The Morgan fingerprint density at radius 3 is 2.58 bits per heavy atom. The first-order valence-corrected chi connectivity index (χ1v) is 8.95. The van der Waals surface area contributed by atoms with Crippen molar-refractivity contribution in [2.24, 2.45) is 0 Å². The van der Waals surface area contributed by atoms with Gasteiger partial charge in [0.25, 0.3) is 10.2 Å². The predicted octanol–water partition coefficient (Wildman–Crippen LogP) is 1.43. The largest absolute Gasteiger partial charge is 0.315 e. The fraction of sp³-hybridized carbons (Fsp3) is 1.00. The van der Waals surface area contributed by atoms with Gasteiger partial charge in [-0.1, -0.05) is 27.2 Å². The molecule has 1 atom stereocenters. The number of likely N-dealkylation sites (N-methyl/N-ethyl adjacent to an activating group) is 1. The quantitative estimate of drug-likeness (QED) is 0.736. The first-order chi connectivity index (χ1) is 9.07. The normalized spacial score (nSPS) is 22.0. The highest BCUT2D eigenvalue weighted by molar-refractivity contribution is 7.86. The van der Waals surface area contributed by atoms with Crippen LogP contribution in [0.2, 0.25) is 0 Å². The molecule has 114 valence electrons. The van der Waals surface area contributed by atoms with E-state index in [1.165, 1.54) is 0 Å². The minimum absolute atomic E-state index is 0.115. The summed E-state index contributed by atoms with van der Waals surface area (Å²) in [6.07, 6.45) is 3.93. The molecule has 1 aliphatic heterocycles. The lowest BCUT2D eigenvalue weighted by atomic mass is 10.1. The van der Waals surface area contributed by atoms with E-state index < -0.39 is 10.2 Å². The third-order valence-electron chi connectivity index (χ3n) is 3.65. The molecular formula is C13H29N3O2S. The monoisotopic (exact) mass is 291 g/mol. The third kappa shape index (κ3) is 4.41. The number of piperidine rings is 1. The summed E-state index contributed by atoms with van der Waals surface area (Å²) in [6, 6.07) is 0.115. The van der Waals surface area contributed by atoms with Crippen molar-refractivity contribution in [3.63, 3.8) is 0 Å². The van der Waals surface area contributed by atoms with Crippen LogP contribution >= 0.6 is 0 Å². The molecule has 5 nitrogen and oxygen atoms in total. The van der Waals surface area contributed by atoms with E-state index in [9.17, 15) is 8.42 Å². The molecule has 19 heavy (non-hydrogen) atoms. The Balaban J connectivity index is 2.81. The number of hydrogen-bond acceptors (Lipinski definition) is 3. The molecule has 1 aliphatic rings. The Morgan fingerprint density at radius 2 is 2.00 bits per heavy atom. The van der Waals surface area contributed by atoms with Gasteiger partial charge in [0, 0.05) is 32.2 Å². The van der Waals surface area contributed by atoms with Crippen molar-refractivity contribution in [2.75, 3.05) is 32.7 Å². The zero-order chi connectivity index (χ0) is 14.3. The van der Waals surface area contributed by atoms with Gasteiger partial charge in [0.1, 0.15) is 0 Å². The summed E-state index contributed by atoms with van der Waals surface area (Å²) in [6.45, 7) is 9.47. The zero-order valence-corrected chi connectivity index (χ0v) is 13.4. The van der Waals surface area contributed by atoms with Gasteiger partial charge in [-0.05, 0) is 25.8 Å². The lowest BCUT2D eigenvalue weighted by Crippen LogP contribution is -2.53. The highest BCUT2D eigenvalue weighted by Crippen LogP contribution is 2.22. The molecule has 0 aromatic rings. The van der Waals surface area contributed by atoms with Gasteiger partial charge in [0.05, 0.1) is 0 Å². The molecule has 0 amide bonds. The Morgan fingerprint density at radius 1 is 1.26 bits per heavy atom. The van der Waals surface area contributed by atoms with Crippen LogP contribution < -0.4 is 5.32 Å². The Kier molecular flexibility index (Phi) is 7.28. The van der Waals surface area contributed by atoms with E-state index in [2.05, 4.69) is 12.2 Å². The highest BCUT2D eigenvalue weighted by atomic mass is 32.2. The molecule has 1 heterocycles. The average molecular weight is 291 g/mol. The van der Waals surface area contributed by atoms with Crippen molar-refractivity contribution in [3.8, 4) is 0 Å². The van der Waals surface area contributed by atoms with Gasteiger partial charge < -0.3 is 5.32 Å². The van der Waals surface area contributed by atoms with Gasteiger partial charge in [-0.2, -0.15) is 17.0 Å². The van der Waals surface area contributed by atoms with Gasteiger partial charge in [-0.3, -0.25) is 0 Å². The number of nitrogens with zero attached hydrogens (tertiary/aromatic N) is 2. The maximum atomic E-state index is 12.7. The summed E-state index contributed by atoms with van der Waals surface area (Å²) in [4.78, 5) is 0. The van der Waals surface area contributed by atoms with Crippen molar-refractivity contribution in [2.45, 2.75) is 52.5 Å². The van der Waals surface area contributed by atoms with Gasteiger partial charge in [-0.25, -0.2) is 0 Å². The van der Waals surface area contributed by atoms with Gasteiger partial charge in [-0.15, -0.1) is 0 Å². The van der Waals surface area contributed by atoms with Crippen LogP contribution in [0.1, 0.15) is 46.5 Å². The molecule has 1 saturated heterocycles. The van der Waals surface area contributed by atoms with Gasteiger partial charge >= 0.3 is 0 Å². The smallest absolute Gasteiger partial charge is 0.282 e. The van der Waals surface area contributed by atoms with Crippen molar-refractivity contribution < 1.29 is 8.42 Å². The minimum atomic E-state index is -3.29. The Bertz CT molecular complexity index is 346. The molecule has 0 aliphatic carbocycles. The van der Waals surface area contributed by atoms with Crippen LogP contribution in [0.3, 0.4) is 0 Å². The fourth-order valence-corrected chi connectivity index (χ4v) is 4.58. The van der Waals surface area contributed by atoms with Crippen LogP contribution in [0.15, 0.2) is 0 Å². The number of nitrogens with one attached hydrogen (secondary N) is 1. The van der Waals surface area contributed by atoms with Crippen LogP contribution in [0, 0.1) is 0 Å². The molecule has 0 bridgehead atoms. The molecule has 1 N–H and O–H groups in total. The predicted molar refractivity (Wildman–Crippen MR) is 79.3 cm³/mol. The second-order valence-electron chi connectivity index (χ2n) is 5.07.